The highest BCUT2D eigenvalue weighted by molar-refractivity contribution is 5.94. The van der Waals surface area contributed by atoms with E-state index in [0.717, 1.165) is 22.3 Å². The minimum Gasteiger partial charge on any atom is -0.481 e. The first-order valence-electron chi connectivity index (χ1n) is 11.2. The molecule has 0 radical (unpaired) electrons. The zero-order valence-electron chi connectivity index (χ0n) is 19.4. The molecule has 0 aliphatic heterocycles. The molecule has 1 fully saturated rings. The molecule has 174 valence electrons. The Balaban J connectivity index is 1.41. The summed E-state index contributed by atoms with van der Waals surface area (Å²) in [4.78, 5) is 37.2. The number of alkyl carbamates (subject to hydrolysis) is 1. The molecule has 0 saturated heterocycles. The van der Waals surface area contributed by atoms with Crippen LogP contribution in [0.15, 0.2) is 48.5 Å². The Morgan fingerprint density at radius 3 is 1.97 bits per heavy atom. The quantitative estimate of drug-likeness (QED) is 0.590. The fraction of sp³-hybridized carbons (Fsp3) is 0.423. The van der Waals surface area contributed by atoms with E-state index in [0.29, 0.717) is 12.8 Å². The molecule has 7 nitrogen and oxygen atoms in total. The topological polar surface area (TPSA) is 105 Å². The Bertz CT molecular complexity index is 1070. The fourth-order valence-corrected chi connectivity index (χ4v) is 4.19. The van der Waals surface area contributed by atoms with E-state index in [2.05, 4.69) is 22.8 Å². The highest BCUT2D eigenvalue weighted by atomic mass is 16.5. The van der Waals surface area contributed by atoms with E-state index in [9.17, 15) is 19.5 Å². The SMILES string of the molecule is CC(C)(NC(=O)C1(NC(=O)OCC2c3ccccc3-c3ccccc32)CC1)C(C)(C)C(=O)O. The lowest BCUT2D eigenvalue weighted by atomic mass is 9.74. The molecule has 2 aromatic rings. The van der Waals surface area contributed by atoms with Gasteiger partial charge < -0.3 is 20.5 Å². The second-order valence-corrected chi connectivity index (χ2v) is 10.0. The van der Waals surface area contributed by atoms with Gasteiger partial charge in [0.1, 0.15) is 12.1 Å². The normalized spacial score (nSPS) is 16.4. The first-order valence-corrected chi connectivity index (χ1v) is 11.2. The number of aliphatic carboxylic acids is 1. The number of benzene rings is 2. The molecule has 0 unspecified atom stereocenters. The number of carboxylic acids is 1. The zero-order chi connectivity index (χ0) is 24.0. The van der Waals surface area contributed by atoms with Gasteiger partial charge in [0.15, 0.2) is 0 Å². The number of carbonyl (C=O) groups is 3. The van der Waals surface area contributed by atoms with E-state index < -0.39 is 34.5 Å². The van der Waals surface area contributed by atoms with Crippen molar-refractivity contribution in [3.63, 3.8) is 0 Å². The Labute approximate surface area is 193 Å². The van der Waals surface area contributed by atoms with Crippen molar-refractivity contribution in [2.45, 2.75) is 57.5 Å². The summed E-state index contributed by atoms with van der Waals surface area (Å²) in [5.41, 5.74) is 1.24. The highest BCUT2D eigenvalue weighted by Crippen LogP contribution is 2.44. The van der Waals surface area contributed by atoms with Gasteiger partial charge in [0.2, 0.25) is 5.91 Å². The summed E-state index contributed by atoms with van der Waals surface area (Å²) in [6.45, 7) is 6.63. The first kappa shape index (κ1) is 22.8. The predicted molar refractivity (Wildman–Crippen MR) is 124 cm³/mol. The van der Waals surface area contributed by atoms with E-state index >= 15 is 0 Å². The Hall–Kier alpha value is -3.35. The standard InChI is InChI=1S/C26H30N2O5/c1-24(2,22(30)31)25(3,4)27-21(29)26(13-14-26)28-23(32)33-15-20-18-11-7-5-9-16(18)17-10-6-8-12-19(17)20/h5-12,20H,13-15H2,1-4H3,(H,27,29)(H,28,32)(H,30,31). The fourth-order valence-electron chi connectivity index (χ4n) is 4.19. The van der Waals surface area contributed by atoms with Gasteiger partial charge in [0, 0.05) is 5.92 Å². The van der Waals surface area contributed by atoms with Crippen LogP contribution in [0.3, 0.4) is 0 Å². The maximum Gasteiger partial charge on any atom is 0.408 e. The first-order chi connectivity index (χ1) is 15.5. The third-order valence-electron chi connectivity index (χ3n) is 7.39. The number of hydrogen-bond donors (Lipinski definition) is 3. The van der Waals surface area contributed by atoms with E-state index in [-0.39, 0.29) is 12.5 Å². The summed E-state index contributed by atoms with van der Waals surface area (Å²) in [5, 5.41) is 15.1. The molecule has 2 aromatic carbocycles. The van der Waals surface area contributed by atoms with Gasteiger partial charge in [-0.1, -0.05) is 48.5 Å². The molecule has 33 heavy (non-hydrogen) atoms. The minimum absolute atomic E-state index is 0.0672. The van der Waals surface area contributed by atoms with Crippen LogP contribution in [-0.2, 0) is 14.3 Å². The summed E-state index contributed by atoms with van der Waals surface area (Å²) in [5.74, 6) is -1.47. The lowest BCUT2D eigenvalue weighted by molar-refractivity contribution is -0.152. The van der Waals surface area contributed by atoms with Gasteiger partial charge in [-0.2, -0.15) is 0 Å². The number of fused-ring (bicyclic) bond motifs is 3. The average Bonchev–Trinajstić information content (AvgIpc) is 3.47. The Morgan fingerprint density at radius 1 is 0.970 bits per heavy atom. The number of carboxylic acid groups (broad SMARTS) is 1. The van der Waals surface area contributed by atoms with Gasteiger partial charge >= 0.3 is 12.1 Å². The van der Waals surface area contributed by atoms with Gasteiger partial charge in [-0.15, -0.1) is 0 Å². The van der Waals surface area contributed by atoms with E-state index in [1.807, 2.05) is 36.4 Å². The Morgan fingerprint density at radius 2 is 1.48 bits per heavy atom. The van der Waals surface area contributed by atoms with Crippen LogP contribution in [0.4, 0.5) is 4.79 Å². The van der Waals surface area contributed by atoms with Crippen molar-refractivity contribution >= 4 is 18.0 Å². The van der Waals surface area contributed by atoms with Gasteiger partial charge in [0.05, 0.1) is 11.0 Å². The molecule has 4 rings (SSSR count). The van der Waals surface area contributed by atoms with Crippen LogP contribution in [0.1, 0.15) is 57.6 Å². The van der Waals surface area contributed by atoms with Crippen molar-refractivity contribution in [3.8, 4) is 11.1 Å². The molecule has 0 aromatic heterocycles. The van der Waals surface area contributed by atoms with Gasteiger partial charge in [-0.3, -0.25) is 9.59 Å². The Kier molecular flexibility index (Phi) is 5.47. The number of ether oxygens (including phenoxy) is 1. The third-order valence-corrected chi connectivity index (χ3v) is 7.39. The molecular formula is C26H30N2O5. The number of amides is 2. The monoisotopic (exact) mass is 450 g/mol. The van der Waals surface area contributed by atoms with Crippen LogP contribution >= 0.6 is 0 Å². The largest absolute Gasteiger partial charge is 0.481 e. The van der Waals surface area contributed by atoms with Gasteiger partial charge in [-0.05, 0) is 62.8 Å². The molecule has 1 saturated carbocycles. The van der Waals surface area contributed by atoms with Crippen LogP contribution in [-0.4, -0.2) is 40.8 Å². The van der Waals surface area contributed by atoms with Crippen molar-refractivity contribution in [2.24, 2.45) is 5.41 Å². The smallest absolute Gasteiger partial charge is 0.408 e. The van der Waals surface area contributed by atoms with Crippen LogP contribution in [0.5, 0.6) is 0 Å². The summed E-state index contributed by atoms with van der Waals surface area (Å²) < 4.78 is 5.58. The zero-order valence-corrected chi connectivity index (χ0v) is 19.4. The number of nitrogens with one attached hydrogen (secondary N) is 2. The molecule has 0 atom stereocenters. The van der Waals surface area contributed by atoms with E-state index in [1.165, 1.54) is 0 Å². The maximum absolute atomic E-state index is 13.0. The second-order valence-electron chi connectivity index (χ2n) is 10.0. The summed E-state index contributed by atoms with van der Waals surface area (Å²) in [6, 6.07) is 16.2. The molecule has 0 spiro atoms. The molecule has 7 heteroatoms. The average molecular weight is 451 g/mol. The summed E-state index contributed by atoms with van der Waals surface area (Å²) in [7, 11) is 0. The molecule has 0 bridgehead atoms. The number of carbonyl (C=O) groups excluding carboxylic acids is 2. The maximum atomic E-state index is 13.0. The molecule has 2 aliphatic carbocycles. The molecule has 2 amide bonds. The van der Waals surface area contributed by atoms with Crippen molar-refractivity contribution in [1.29, 1.82) is 0 Å². The summed E-state index contributed by atoms with van der Waals surface area (Å²) >= 11 is 0. The number of hydrogen-bond acceptors (Lipinski definition) is 4. The highest BCUT2D eigenvalue weighted by Gasteiger charge is 2.55. The van der Waals surface area contributed by atoms with Gasteiger partial charge in [0.25, 0.3) is 0 Å². The van der Waals surface area contributed by atoms with Crippen molar-refractivity contribution in [1.82, 2.24) is 10.6 Å². The second kappa shape index (κ2) is 7.90. The molecule has 2 aliphatic rings. The minimum atomic E-state index is -1.19. The van der Waals surface area contributed by atoms with Crippen LogP contribution in [0, 0.1) is 5.41 Å². The molecular weight excluding hydrogens is 420 g/mol. The lowest BCUT2D eigenvalue weighted by Gasteiger charge is -2.39. The van der Waals surface area contributed by atoms with Crippen LogP contribution in [0.2, 0.25) is 0 Å². The number of rotatable bonds is 7. The lowest BCUT2D eigenvalue weighted by Crippen LogP contribution is -2.61. The van der Waals surface area contributed by atoms with Crippen molar-refractivity contribution < 1.29 is 24.2 Å². The summed E-state index contributed by atoms with van der Waals surface area (Å²) in [6.07, 6.45) is 0.305. The molecule has 0 heterocycles. The van der Waals surface area contributed by atoms with Gasteiger partial charge in [-0.25, -0.2) is 4.79 Å². The molecule has 3 N–H and O–H groups in total. The third kappa shape index (κ3) is 3.96. The van der Waals surface area contributed by atoms with Crippen LogP contribution < -0.4 is 10.6 Å². The van der Waals surface area contributed by atoms with Crippen molar-refractivity contribution in [2.75, 3.05) is 6.61 Å². The van der Waals surface area contributed by atoms with Crippen molar-refractivity contribution in [3.05, 3.63) is 59.7 Å². The van der Waals surface area contributed by atoms with Crippen LogP contribution in [0.25, 0.3) is 11.1 Å². The van der Waals surface area contributed by atoms with E-state index in [4.69, 9.17) is 4.74 Å². The van der Waals surface area contributed by atoms with E-state index in [1.54, 1.807) is 27.7 Å². The predicted octanol–water partition coefficient (Wildman–Crippen LogP) is 4.06.